The number of hydrogen-bond donors (Lipinski definition) is 0. The Morgan fingerprint density at radius 3 is 2.44 bits per heavy atom. The lowest BCUT2D eigenvalue weighted by Gasteiger charge is -2.36. The lowest BCUT2D eigenvalue weighted by Crippen LogP contribution is -2.49. The molecule has 1 aliphatic heterocycles. The van der Waals surface area contributed by atoms with Crippen LogP contribution in [0.3, 0.4) is 0 Å². The molecular formula is C25H20ClFN4O5. The van der Waals surface area contributed by atoms with Gasteiger partial charge >= 0.3 is 11.2 Å². The minimum atomic E-state index is -0.775. The van der Waals surface area contributed by atoms with Gasteiger partial charge in [-0.05, 0) is 48.0 Å². The van der Waals surface area contributed by atoms with E-state index in [1.54, 1.807) is 40.1 Å². The summed E-state index contributed by atoms with van der Waals surface area (Å²) in [7, 11) is 0. The molecule has 1 amide bonds. The molecule has 0 atom stereocenters. The van der Waals surface area contributed by atoms with Crippen molar-refractivity contribution >= 4 is 39.8 Å². The third kappa shape index (κ3) is 4.31. The van der Waals surface area contributed by atoms with Gasteiger partial charge in [0.1, 0.15) is 11.5 Å². The van der Waals surface area contributed by atoms with Crippen molar-refractivity contribution in [2.24, 2.45) is 0 Å². The van der Waals surface area contributed by atoms with E-state index in [1.807, 2.05) is 0 Å². The van der Waals surface area contributed by atoms with Crippen molar-refractivity contribution in [2.45, 2.75) is 6.54 Å². The highest BCUT2D eigenvalue weighted by atomic mass is 35.5. The van der Waals surface area contributed by atoms with E-state index in [0.29, 0.717) is 21.5 Å². The number of aromatic nitrogens is 1. The molecule has 0 spiro atoms. The van der Waals surface area contributed by atoms with Crippen molar-refractivity contribution in [3.63, 3.8) is 0 Å². The number of carbonyl (C=O) groups is 1. The maximum atomic E-state index is 13.5. The number of piperazine rings is 1. The number of nitrogens with zero attached hydrogens (tertiary/aromatic N) is 4. The number of anilines is 1. The van der Waals surface area contributed by atoms with E-state index in [4.69, 9.17) is 16.0 Å². The normalized spacial score (nSPS) is 13.8. The molecule has 36 heavy (non-hydrogen) atoms. The number of nitro groups is 1. The third-order valence-electron chi connectivity index (χ3n) is 6.23. The zero-order valence-electron chi connectivity index (χ0n) is 18.9. The summed E-state index contributed by atoms with van der Waals surface area (Å²) >= 11 is 6.27. The molecule has 2 aromatic carbocycles. The van der Waals surface area contributed by atoms with Gasteiger partial charge in [-0.1, -0.05) is 23.7 Å². The Morgan fingerprint density at radius 2 is 1.81 bits per heavy atom. The number of benzene rings is 2. The average Bonchev–Trinajstić information content (AvgIpc) is 3.41. The molecule has 9 nitrogen and oxygen atoms in total. The highest BCUT2D eigenvalue weighted by Crippen LogP contribution is 2.36. The van der Waals surface area contributed by atoms with Crippen LogP contribution in [0.25, 0.3) is 10.9 Å². The fraction of sp³-hybridized carbons (Fsp3) is 0.200. The number of amides is 1. The second-order valence-corrected chi connectivity index (χ2v) is 8.83. The Hall–Kier alpha value is -4.18. The van der Waals surface area contributed by atoms with Crippen molar-refractivity contribution in [3.05, 3.63) is 103 Å². The van der Waals surface area contributed by atoms with E-state index in [2.05, 4.69) is 0 Å². The predicted molar refractivity (Wildman–Crippen MR) is 132 cm³/mol. The molecule has 0 saturated carbocycles. The first kappa shape index (κ1) is 23.6. The number of hydrogen-bond acceptors (Lipinski definition) is 6. The minimum Gasteiger partial charge on any atom is -0.459 e. The second-order valence-electron chi connectivity index (χ2n) is 8.39. The molecule has 2 aromatic heterocycles. The monoisotopic (exact) mass is 510 g/mol. The Morgan fingerprint density at radius 1 is 1.08 bits per heavy atom. The van der Waals surface area contributed by atoms with Crippen LogP contribution in [0.1, 0.15) is 16.1 Å². The van der Waals surface area contributed by atoms with Crippen molar-refractivity contribution in [2.75, 3.05) is 31.1 Å². The van der Waals surface area contributed by atoms with Crippen LogP contribution in [-0.4, -0.2) is 46.5 Å². The zero-order chi connectivity index (χ0) is 25.4. The molecule has 11 heteroatoms. The summed E-state index contributed by atoms with van der Waals surface area (Å²) in [5.41, 5.74) is -0.103. The van der Waals surface area contributed by atoms with Crippen LogP contribution >= 0.6 is 11.6 Å². The molecule has 4 aromatic rings. The van der Waals surface area contributed by atoms with Gasteiger partial charge in [-0.3, -0.25) is 24.3 Å². The summed E-state index contributed by atoms with van der Waals surface area (Å²) in [5, 5.41) is 13.0. The van der Waals surface area contributed by atoms with Crippen molar-refractivity contribution in [3.8, 4) is 0 Å². The Bertz CT molecular complexity index is 1510. The van der Waals surface area contributed by atoms with Gasteiger partial charge in [-0.2, -0.15) is 0 Å². The molecular weight excluding hydrogens is 491 g/mol. The van der Waals surface area contributed by atoms with E-state index in [9.17, 15) is 24.1 Å². The van der Waals surface area contributed by atoms with Gasteiger partial charge < -0.3 is 14.2 Å². The van der Waals surface area contributed by atoms with E-state index in [1.165, 1.54) is 35.1 Å². The summed E-state index contributed by atoms with van der Waals surface area (Å²) in [4.78, 5) is 41.0. The molecule has 0 radical (unpaired) electrons. The topological polar surface area (TPSA) is 102 Å². The molecule has 0 aliphatic carbocycles. The average molecular weight is 511 g/mol. The van der Waals surface area contributed by atoms with Crippen LogP contribution in [0.2, 0.25) is 5.02 Å². The molecule has 1 fully saturated rings. The van der Waals surface area contributed by atoms with Crippen LogP contribution < -0.4 is 10.5 Å². The van der Waals surface area contributed by atoms with Gasteiger partial charge in [0.05, 0.1) is 23.2 Å². The molecule has 1 saturated heterocycles. The molecule has 0 bridgehead atoms. The predicted octanol–water partition coefficient (Wildman–Crippen LogP) is 4.31. The SMILES string of the molecule is O=C(c1ccco1)N1CCN(c2c([N+](=O)[O-])c(=O)n(Cc3ccc(F)cc3)c3ccc(Cl)cc23)CC1. The minimum absolute atomic E-state index is 0.0177. The van der Waals surface area contributed by atoms with Gasteiger partial charge in [-0.25, -0.2) is 4.39 Å². The first-order chi connectivity index (χ1) is 17.3. The number of pyridine rings is 1. The molecule has 1 aliphatic rings. The molecule has 3 heterocycles. The number of halogens is 2. The summed E-state index contributed by atoms with van der Waals surface area (Å²) in [6.45, 7) is 1.14. The van der Waals surface area contributed by atoms with Crippen molar-refractivity contribution in [1.82, 2.24) is 9.47 Å². The first-order valence-electron chi connectivity index (χ1n) is 11.2. The van der Waals surface area contributed by atoms with Crippen LogP contribution in [0.15, 0.2) is 70.1 Å². The number of fused-ring (bicyclic) bond motifs is 1. The fourth-order valence-corrected chi connectivity index (χ4v) is 4.67. The van der Waals surface area contributed by atoms with Gasteiger partial charge in [0, 0.05) is 36.6 Å². The fourth-order valence-electron chi connectivity index (χ4n) is 4.50. The molecule has 184 valence electrons. The Balaban J connectivity index is 1.57. The van der Waals surface area contributed by atoms with Gasteiger partial charge in [0.2, 0.25) is 0 Å². The number of furan rings is 1. The van der Waals surface area contributed by atoms with E-state index in [-0.39, 0.29) is 50.1 Å². The van der Waals surface area contributed by atoms with Crippen molar-refractivity contribution < 1.29 is 18.5 Å². The quantitative estimate of drug-likeness (QED) is 0.293. The van der Waals surface area contributed by atoms with Crippen LogP contribution in [0, 0.1) is 15.9 Å². The molecule has 0 N–H and O–H groups in total. The standard InChI is InChI=1S/C25H20ClFN4O5/c26-17-5-8-20-19(14-17)22(28-9-11-29(12-10-28)24(32)21-2-1-13-36-21)23(31(34)35)25(33)30(20)15-16-3-6-18(27)7-4-16/h1-8,13-14H,9-12,15H2. The lowest BCUT2D eigenvalue weighted by molar-refractivity contribution is -0.385. The smallest absolute Gasteiger partial charge is 0.357 e. The van der Waals surface area contributed by atoms with E-state index < -0.39 is 22.0 Å². The van der Waals surface area contributed by atoms with Gasteiger partial charge in [0.15, 0.2) is 5.76 Å². The zero-order valence-corrected chi connectivity index (χ0v) is 19.7. The summed E-state index contributed by atoms with van der Waals surface area (Å²) in [6, 6.07) is 13.7. The highest BCUT2D eigenvalue weighted by molar-refractivity contribution is 6.31. The Kier molecular flexibility index (Phi) is 6.19. The third-order valence-corrected chi connectivity index (χ3v) is 6.46. The highest BCUT2D eigenvalue weighted by Gasteiger charge is 2.32. The van der Waals surface area contributed by atoms with Gasteiger partial charge in [0.25, 0.3) is 5.91 Å². The summed E-state index contributed by atoms with van der Waals surface area (Å²) in [5.74, 6) is -0.472. The maximum Gasteiger partial charge on any atom is 0.357 e. The Labute approximate surface area is 209 Å². The largest absolute Gasteiger partial charge is 0.459 e. The summed E-state index contributed by atoms with van der Waals surface area (Å²) < 4.78 is 19.9. The second kappa shape index (κ2) is 9.46. The van der Waals surface area contributed by atoms with E-state index >= 15 is 0 Å². The van der Waals surface area contributed by atoms with Gasteiger partial charge in [-0.15, -0.1) is 0 Å². The first-order valence-corrected chi connectivity index (χ1v) is 11.5. The summed E-state index contributed by atoms with van der Waals surface area (Å²) in [6.07, 6.45) is 1.42. The van der Waals surface area contributed by atoms with E-state index in [0.717, 1.165) is 0 Å². The van der Waals surface area contributed by atoms with Crippen molar-refractivity contribution in [1.29, 1.82) is 0 Å². The molecule has 0 unspecified atom stereocenters. The number of carbonyl (C=O) groups excluding carboxylic acids is 1. The lowest BCUT2D eigenvalue weighted by atomic mass is 10.1. The van der Waals surface area contributed by atoms with Crippen LogP contribution in [0.5, 0.6) is 0 Å². The maximum absolute atomic E-state index is 13.5. The number of rotatable bonds is 5. The molecule has 5 rings (SSSR count). The van der Waals surface area contributed by atoms with Crippen LogP contribution in [0.4, 0.5) is 15.8 Å². The van der Waals surface area contributed by atoms with Crippen LogP contribution in [-0.2, 0) is 6.54 Å².